The quantitative estimate of drug-likeness (QED) is 0.916. The lowest BCUT2D eigenvalue weighted by Crippen LogP contribution is -2.17. The van der Waals surface area contributed by atoms with Crippen molar-refractivity contribution in [3.8, 4) is 5.75 Å². The van der Waals surface area contributed by atoms with E-state index in [1.165, 1.54) is 6.20 Å². The molecule has 1 N–H and O–H groups in total. The van der Waals surface area contributed by atoms with Crippen LogP contribution < -0.4 is 10.1 Å². The molecule has 0 unspecified atom stereocenters. The summed E-state index contributed by atoms with van der Waals surface area (Å²) < 4.78 is 5.25. The number of methoxy groups -OCH3 is 1. The van der Waals surface area contributed by atoms with Gasteiger partial charge in [-0.3, -0.25) is 9.78 Å². The number of aromatic nitrogens is 2. The Labute approximate surface area is 130 Å². The van der Waals surface area contributed by atoms with Crippen LogP contribution >= 0.6 is 0 Å². The largest absolute Gasteiger partial charge is 0.496 e. The van der Waals surface area contributed by atoms with Crippen LogP contribution in [0.5, 0.6) is 5.75 Å². The maximum Gasteiger partial charge on any atom is 0.275 e. The molecule has 0 atom stereocenters. The number of benzene rings is 1. The SMILES string of the molecule is COc1cc(NC(=O)c2cncc(CN(C)C)n2)ccc1C. The van der Waals surface area contributed by atoms with E-state index in [4.69, 9.17) is 4.74 Å². The number of anilines is 1. The van der Waals surface area contributed by atoms with Crippen molar-refractivity contribution >= 4 is 11.6 Å². The molecule has 1 aromatic heterocycles. The van der Waals surface area contributed by atoms with E-state index in [2.05, 4.69) is 15.3 Å². The topological polar surface area (TPSA) is 67.3 Å². The van der Waals surface area contributed by atoms with E-state index in [1.54, 1.807) is 19.4 Å². The maximum atomic E-state index is 12.3. The molecule has 1 aromatic carbocycles. The van der Waals surface area contributed by atoms with E-state index in [9.17, 15) is 4.79 Å². The molecule has 22 heavy (non-hydrogen) atoms. The lowest BCUT2D eigenvalue weighted by Gasteiger charge is -2.11. The van der Waals surface area contributed by atoms with Gasteiger partial charge >= 0.3 is 0 Å². The van der Waals surface area contributed by atoms with Gasteiger partial charge in [0.25, 0.3) is 5.91 Å². The predicted molar refractivity (Wildman–Crippen MR) is 85.1 cm³/mol. The number of ether oxygens (including phenoxy) is 1. The highest BCUT2D eigenvalue weighted by atomic mass is 16.5. The molecule has 0 spiro atoms. The molecule has 6 heteroatoms. The molecule has 1 heterocycles. The summed E-state index contributed by atoms with van der Waals surface area (Å²) in [6.45, 7) is 2.58. The summed E-state index contributed by atoms with van der Waals surface area (Å²) in [4.78, 5) is 22.6. The van der Waals surface area contributed by atoms with Crippen molar-refractivity contribution < 1.29 is 9.53 Å². The summed E-state index contributed by atoms with van der Waals surface area (Å²) in [5.41, 5.74) is 2.71. The summed E-state index contributed by atoms with van der Waals surface area (Å²) in [5.74, 6) is 0.434. The Bertz CT molecular complexity index is 671. The van der Waals surface area contributed by atoms with E-state index < -0.39 is 0 Å². The van der Waals surface area contributed by atoms with Crippen LogP contribution in [0.1, 0.15) is 21.7 Å². The third-order valence-electron chi connectivity index (χ3n) is 3.06. The number of nitrogens with zero attached hydrogens (tertiary/aromatic N) is 3. The van der Waals surface area contributed by atoms with Crippen LogP contribution in [0.2, 0.25) is 0 Å². The molecule has 0 aliphatic rings. The summed E-state index contributed by atoms with van der Waals surface area (Å²) >= 11 is 0. The first kappa shape index (κ1) is 15.9. The highest BCUT2D eigenvalue weighted by Gasteiger charge is 2.11. The zero-order chi connectivity index (χ0) is 16.1. The minimum absolute atomic E-state index is 0.291. The average molecular weight is 300 g/mol. The molecule has 0 saturated heterocycles. The van der Waals surface area contributed by atoms with Gasteiger partial charge in [0.1, 0.15) is 11.4 Å². The van der Waals surface area contributed by atoms with Gasteiger partial charge in [0.15, 0.2) is 0 Å². The lowest BCUT2D eigenvalue weighted by molar-refractivity contribution is 0.102. The van der Waals surface area contributed by atoms with Gasteiger partial charge in [0.2, 0.25) is 0 Å². The third kappa shape index (κ3) is 4.02. The van der Waals surface area contributed by atoms with Gasteiger partial charge in [-0.1, -0.05) is 6.07 Å². The molecule has 6 nitrogen and oxygen atoms in total. The van der Waals surface area contributed by atoms with Gasteiger partial charge in [-0.15, -0.1) is 0 Å². The van der Waals surface area contributed by atoms with E-state index in [1.807, 2.05) is 38.1 Å². The minimum Gasteiger partial charge on any atom is -0.496 e. The molecule has 2 rings (SSSR count). The molecular weight excluding hydrogens is 280 g/mol. The second-order valence-corrected chi connectivity index (χ2v) is 5.27. The highest BCUT2D eigenvalue weighted by molar-refractivity contribution is 6.02. The maximum absolute atomic E-state index is 12.3. The molecule has 0 radical (unpaired) electrons. The van der Waals surface area contributed by atoms with Gasteiger partial charge < -0.3 is 15.0 Å². The fraction of sp³-hybridized carbons (Fsp3) is 0.312. The van der Waals surface area contributed by atoms with E-state index in [0.29, 0.717) is 17.9 Å². The van der Waals surface area contributed by atoms with Gasteiger partial charge in [-0.25, -0.2) is 4.98 Å². The number of rotatable bonds is 5. The third-order valence-corrected chi connectivity index (χ3v) is 3.06. The Kier molecular flexibility index (Phi) is 5.06. The normalized spacial score (nSPS) is 10.6. The van der Waals surface area contributed by atoms with Crippen molar-refractivity contribution in [3.05, 3.63) is 47.5 Å². The summed E-state index contributed by atoms with van der Waals surface area (Å²) in [6, 6.07) is 5.50. The fourth-order valence-electron chi connectivity index (χ4n) is 2.01. The number of hydrogen-bond acceptors (Lipinski definition) is 5. The van der Waals surface area contributed by atoms with E-state index >= 15 is 0 Å². The number of hydrogen-bond donors (Lipinski definition) is 1. The zero-order valence-corrected chi connectivity index (χ0v) is 13.3. The second kappa shape index (κ2) is 7.00. The highest BCUT2D eigenvalue weighted by Crippen LogP contribution is 2.22. The molecule has 0 saturated carbocycles. The first-order valence-electron chi connectivity index (χ1n) is 6.91. The predicted octanol–water partition coefficient (Wildman–Crippen LogP) is 2.11. The molecule has 1 amide bonds. The van der Waals surface area contributed by atoms with Gasteiger partial charge in [-0.05, 0) is 32.6 Å². The first-order chi connectivity index (χ1) is 10.5. The van der Waals surface area contributed by atoms with Crippen LogP contribution in [-0.4, -0.2) is 42.0 Å². The molecule has 2 aromatic rings. The molecule has 116 valence electrons. The van der Waals surface area contributed by atoms with Gasteiger partial charge in [0, 0.05) is 24.5 Å². The summed E-state index contributed by atoms with van der Waals surface area (Å²) in [5, 5.41) is 2.81. The molecule has 0 aliphatic heterocycles. The Hall–Kier alpha value is -2.47. The minimum atomic E-state index is -0.293. The van der Waals surface area contributed by atoms with Crippen molar-refractivity contribution in [1.29, 1.82) is 0 Å². The van der Waals surface area contributed by atoms with Crippen LogP contribution in [0.4, 0.5) is 5.69 Å². The fourth-order valence-corrected chi connectivity index (χ4v) is 2.01. The Balaban J connectivity index is 2.15. The molecular formula is C16H20N4O2. The van der Waals surface area contributed by atoms with Crippen LogP contribution in [0.25, 0.3) is 0 Å². The summed E-state index contributed by atoms with van der Waals surface area (Å²) in [7, 11) is 5.48. The number of nitrogens with one attached hydrogen (secondary N) is 1. The molecule has 0 aliphatic carbocycles. The Morgan fingerprint density at radius 3 is 2.77 bits per heavy atom. The van der Waals surface area contributed by atoms with E-state index in [-0.39, 0.29) is 5.91 Å². The van der Waals surface area contributed by atoms with Crippen molar-refractivity contribution in [3.63, 3.8) is 0 Å². The number of carbonyl (C=O) groups is 1. The van der Waals surface area contributed by atoms with Crippen molar-refractivity contribution in [2.24, 2.45) is 0 Å². The Morgan fingerprint density at radius 2 is 2.09 bits per heavy atom. The van der Waals surface area contributed by atoms with Crippen LogP contribution in [0.3, 0.4) is 0 Å². The van der Waals surface area contributed by atoms with Crippen LogP contribution in [0, 0.1) is 6.92 Å². The van der Waals surface area contributed by atoms with Crippen LogP contribution in [0.15, 0.2) is 30.6 Å². The standard InChI is InChI=1S/C16H20N4O2/c1-11-5-6-12(7-15(11)22-4)19-16(21)14-9-17-8-13(18-14)10-20(2)3/h5-9H,10H2,1-4H3,(H,19,21). The number of carbonyl (C=O) groups excluding carboxylic acids is 1. The first-order valence-corrected chi connectivity index (χ1v) is 6.91. The number of amides is 1. The average Bonchev–Trinajstić information content (AvgIpc) is 2.48. The van der Waals surface area contributed by atoms with Crippen molar-refractivity contribution in [1.82, 2.24) is 14.9 Å². The van der Waals surface area contributed by atoms with Gasteiger partial charge in [0.05, 0.1) is 19.0 Å². The van der Waals surface area contributed by atoms with Crippen LogP contribution in [-0.2, 0) is 6.54 Å². The second-order valence-electron chi connectivity index (χ2n) is 5.27. The summed E-state index contributed by atoms with van der Waals surface area (Å²) in [6.07, 6.45) is 3.12. The monoisotopic (exact) mass is 300 g/mol. The number of aryl methyl sites for hydroxylation is 1. The van der Waals surface area contributed by atoms with Crippen molar-refractivity contribution in [2.45, 2.75) is 13.5 Å². The smallest absolute Gasteiger partial charge is 0.275 e. The van der Waals surface area contributed by atoms with E-state index in [0.717, 1.165) is 17.0 Å². The molecule has 0 fully saturated rings. The lowest BCUT2D eigenvalue weighted by atomic mass is 10.2. The Morgan fingerprint density at radius 1 is 1.32 bits per heavy atom. The molecule has 0 bridgehead atoms. The zero-order valence-electron chi connectivity index (χ0n) is 13.3. The van der Waals surface area contributed by atoms with Crippen molar-refractivity contribution in [2.75, 3.05) is 26.5 Å². The van der Waals surface area contributed by atoms with Gasteiger partial charge in [-0.2, -0.15) is 0 Å².